The number of ether oxygens (including phenoxy) is 2. The van der Waals surface area contributed by atoms with Crippen LogP contribution in [-0.4, -0.2) is 55.0 Å². The van der Waals surface area contributed by atoms with Gasteiger partial charge in [-0.1, -0.05) is 13.8 Å². The molecule has 0 radical (unpaired) electrons. The number of allylic oxidation sites excluding steroid dienone is 1. The van der Waals surface area contributed by atoms with E-state index in [9.17, 15) is 49.4 Å². The normalized spacial score (nSPS) is 20.5. The third-order valence-electron chi connectivity index (χ3n) is 8.85. The summed E-state index contributed by atoms with van der Waals surface area (Å²) in [6, 6.07) is 2.25. The lowest BCUT2D eigenvalue weighted by atomic mass is 9.72. The van der Waals surface area contributed by atoms with Crippen molar-refractivity contribution in [1.82, 2.24) is 4.90 Å². The lowest BCUT2D eigenvalue weighted by Gasteiger charge is -2.36. The fourth-order valence-corrected chi connectivity index (χ4v) is 6.58. The van der Waals surface area contributed by atoms with Crippen molar-refractivity contribution < 1.29 is 58.9 Å². The summed E-state index contributed by atoms with van der Waals surface area (Å²) in [5.74, 6) is -0.0847. The van der Waals surface area contributed by atoms with Gasteiger partial charge in [-0.3, -0.25) is 4.90 Å². The molecule has 6 nitrogen and oxygen atoms in total. The van der Waals surface area contributed by atoms with Crippen LogP contribution in [0.15, 0.2) is 35.9 Å². The molecule has 272 valence electrons. The molecule has 0 spiro atoms. The Kier molecular flexibility index (Phi) is 10.1. The van der Waals surface area contributed by atoms with Gasteiger partial charge in [0.05, 0.1) is 35.4 Å². The molecular weight excluding hydrogens is 671 g/mol. The first-order valence-electron chi connectivity index (χ1n) is 15.4. The molecule has 2 aromatic carbocycles. The second-order valence-electron chi connectivity index (χ2n) is 14.2. The van der Waals surface area contributed by atoms with E-state index < -0.39 is 64.6 Å². The highest BCUT2D eigenvalue weighted by Crippen LogP contribution is 2.49. The number of carbonyl (C=O) groups is 1. The Balaban J connectivity index is 1.82. The van der Waals surface area contributed by atoms with Crippen LogP contribution in [0.25, 0.3) is 5.57 Å². The molecule has 2 aromatic rings. The highest BCUT2D eigenvalue weighted by atomic mass is 19.4. The quantitative estimate of drug-likeness (QED) is 0.277. The second kappa shape index (κ2) is 12.9. The lowest BCUT2D eigenvalue weighted by molar-refractivity contribution is -0.143. The number of rotatable bonds is 8. The van der Waals surface area contributed by atoms with E-state index in [2.05, 4.69) is 0 Å². The maximum absolute atomic E-state index is 14.3. The molecule has 0 bridgehead atoms. The van der Waals surface area contributed by atoms with Gasteiger partial charge in [-0.15, -0.1) is 0 Å². The van der Waals surface area contributed by atoms with Crippen LogP contribution >= 0.6 is 0 Å². The van der Waals surface area contributed by atoms with Crippen molar-refractivity contribution in [3.8, 4) is 5.75 Å². The summed E-state index contributed by atoms with van der Waals surface area (Å²) in [5.41, 5.74) is -4.92. The summed E-state index contributed by atoms with van der Waals surface area (Å²) in [7, 11) is 2.64. The Bertz CT molecular complexity index is 1570. The van der Waals surface area contributed by atoms with Gasteiger partial charge >= 0.3 is 24.6 Å². The number of likely N-dealkylation sites (N-methyl/N-ethyl adjacent to an activating group) is 1. The minimum atomic E-state index is -5.10. The Morgan fingerprint density at radius 3 is 2.02 bits per heavy atom. The average Bonchev–Trinajstić information content (AvgIpc) is 3.22. The third kappa shape index (κ3) is 8.58. The van der Waals surface area contributed by atoms with Gasteiger partial charge in [0, 0.05) is 31.4 Å². The van der Waals surface area contributed by atoms with E-state index in [4.69, 9.17) is 9.47 Å². The first kappa shape index (κ1) is 38.2. The monoisotopic (exact) mass is 710 g/mol. The summed E-state index contributed by atoms with van der Waals surface area (Å²) >= 11 is 0. The number of carbonyl (C=O) groups excluding carboxylic acids is 1. The van der Waals surface area contributed by atoms with E-state index in [1.807, 2.05) is 13.8 Å². The molecule has 1 amide bonds. The predicted molar refractivity (Wildman–Crippen MR) is 164 cm³/mol. The van der Waals surface area contributed by atoms with Gasteiger partial charge in [0.2, 0.25) is 0 Å². The van der Waals surface area contributed by atoms with E-state index in [0.717, 1.165) is 6.07 Å². The van der Waals surface area contributed by atoms with Gasteiger partial charge < -0.3 is 19.5 Å². The van der Waals surface area contributed by atoms with E-state index in [1.165, 1.54) is 50.8 Å². The number of benzene rings is 2. The zero-order valence-electron chi connectivity index (χ0n) is 28.0. The van der Waals surface area contributed by atoms with Crippen LogP contribution in [-0.2, 0) is 23.3 Å². The number of cyclic esters (lactones) is 1. The van der Waals surface area contributed by atoms with Crippen molar-refractivity contribution in [3.63, 3.8) is 0 Å². The van der Waals surface area contributed by atoms with Gasteiger partial charge in [0.1, 0.15) is 11.9 Å². The van der Waals surface area contributed by atoms with Crippen LogP contribution in [0.4, 0.5) is 50.0 Å². The molecule has 1 N–H and O–H groups in total. The molecular formula is C34H39F9N2O4. The molecule has 0 aromatic heterocycles. The van der Waals surface area contributed by atoms with Gasteiger partial charge in [-0.25, -0.2) is 4.79 Å². The average molecular weight is 711 g/mol. The van der Waals surface area contributed by atoms with Crippen molar-refractivity contribution in [1.29, 1.82) is 0 Å². The lowest BCUT2D eigenvalue weighted by Crippen LogP contribution is -2.37. The van der Waals surface area contributed by atoms with Gasteiger partial charge in [-0.05, 0) is 92.5 Å². The van der Waals surface area contributed by atoms with Crippen LogP contribution in [0.3, 0.4) is 0 Å². The van der Waals surface area contributed by atoms with Crippen molar-refractivity contribution >= 4 is 17.4 Å². The predicted octanol–water partition coefficient (Wildman–Crippen LogP) is 9.50. The standard InChI is InChI=1S/C34H39F9N2O4/c1-18-28(19-10-21(32(35,36)37)12-22(11-19)33(38,39)40)49-29(46)45(18)16-20-15-30(2,3)9-8-23(20)24-13-26(44(6)17-31(4,5)47)25(34(41,42)43)14-27(24)48-7/h10-14,18,28,47H,8-9,15-17H2,1-7H3. The van der Waals surface area contributed by atoms with E-state index in [1.54, 1.807) is 0 Å². The van der Waals surface area contributed by atoms with E-state index >= 15 is 0 Å². The number of anilines is 1. The highest BCUT2D eigenvalue weighted by Gasteiger charge is 2.45. The Hall–Kier alpha value is -3.62. The number of alkyl halides is 9. The van der Waals surface area contributed by atoms with Crippen LogP contribution in [0.2, 0.25) is 0 Å². The second-order valence-corrected chi connectivity index (χ2v) is 14.2. The molecule has 1 aliphatic carbocycles. The van der Waals surface area contributed by atoms with Crippen LogP contribution < -0.4 is 9.64 Å². The number of halogens is 9. The largest absolute Gasteiger partial charge is 0.496 e. The molecule has 1 aliphatic heterocycles. The van der Waals surface area contributed by atoms with E-state index in [0.29, 0.717) is 48.1 Å². The minimum absolute atomic E-state index is 0.00537. The molecule has 4 rings (SSSR count). The van der Waals surface area contributed by atoms with Crippen molar-refractivity contribution in [2.45, 2.75) is 90.2 Å². The molecule has 0 saturated carbocycles. The number of hydrogen-bond acceptors (Lipinski definition) is 5. The topological polar surface area (TPSA) is 62.2 Å². The van der Waals surface area contributed by atoms with Gasteiger partial charge in [-0.2, -0.15) is 39.5 Å². The summed E-state index contributed by atoms with van der Waals surface area (Å²) in [6.07, 6.45) is -16.1. The maximum atomic E-state index is 14.3. The molecule has 15 heteroatoms. The fraction of sp³-hybridized carbons (Fsp3) is 0.559. The van der Waals surface area contributed by atoms with Crippen LogP contribution in [0.1, 0.15) is 87.8 Å². The first-order valence-corrected chi connectivity index (χ1v) is 15.4. The van der Waals surface area contributed by atoms with Crippen LogP contribution in [0, 0.1) is 5.41 Å². The zero-order chi connectivity index (χ0) is 37.1. The van der Waals surface area contributed by atoms with Crippen molar-refractivity contribution in [3.05, 3.63) is 63.7 Å². The Morgan fingerprint density at radius 1 is 0.959 bits per heavy atom. The number of nitrogens with zero attached hydrogens (tertiary/aromatic N) is 2. The molecule has 2 aliphatic rings. The van der Waals surface area contributed by atoms with Crippen molar-refractivity contribution in [2.75, 3.05) is 32.1 Å². The Labute approximate surface area is 278 Å². The Morgan fingerprint density at radius 2 is 1.53 bits per heavy atom. The fourth-order valence-electron chi connectivity index (χ4n) is 6.58. The number of methoxy groups -OCH3 is 1. The summed E-state index contributed by atoms with van der Waals surface area (Å²) in [6.45, 7) is 7.98. The molecule has 49 heavy (non-hydrogen) atoms. The number of aliphatic hydroxyl groups is 1. The van der Waals surface area contributed by atoms with Gasteiger partial charge in [0.25, 0.3) is 0 Å². The van der Waals surface area contributed by atoms with Gasteiger partial charge in [0.15, 0.2) is 0 Å². The zero-order valence-corrected chi connectivity index (χ0v) is 28.0. The molecule has 1 heterocycles. The smallest absolute Gasteiger partial charge is 0.418 e. The summed E-state index contributed by atoms with van der Waals surface area (Å²) < 4.78 is 135. The minimum Gasteiger partial charge on any atom is -0.496 e. The molecule has 2 atom stereocenters. The highest BCUT2D eigenvalue weighted by molar-refractivity contribution is 5.80. The van der Waals surface area contributed by atoms with Crippen LogP contribution in [0.5, 0.6) is 5.75 Å². The summed E-state index contributed by atoms with van der Waals surface area (Å²) in [5, 5.41) is 10.4. The molecule has 1 saturated heterocycles. The number of amides is 1. The maximum Gasteiger partial charge on any atom is 0.418 e. The molecule has 2 unspecified atom stereocenters. The summed E-state index contributed by atoms with van der Waals surface area (Å²) in [4.78, 5) is 15.7. The SMILES string of the molecule is COc1cc(C(F)(F)F)c(N(C)CC(C)(C)O)cc1C1=C(CN2C(=O)OC(c3cc(C(F)(F)F)cc(C(F)(F)F)c3)C2C)CC(C)(C)CC1. The molecule has 1 fully saturated rings. The van der Waals surface area contributed by atoms with E-state index in [-0.39, 0.29) is 36.0 Å². The number of hydrogen-bond donors (Lipinski definition) is 1. The third-order valence-corrected chi connectivity index (χ3v) is 8.85. The first-order chi connectivity index (χ1) is 22.2. The van der Waals surface area contributed by atoms with Crippen molar-refractivity contribution in [2.24, 2.45) is 5.41 Å².